The second-order valence-electron chi connectivity index (χ2n) is 2.26. The molecule has 0 amide bonds. The molecule has 11 heavy (non-hydrogen) atoms. The molecule has 0 aromatic carbocycles. The van der Waals surface area contributed by atoms with Gasteiger partial charge in [-0.15, -0.1) is 0 Å². The zero-order chi connectivity index (χ0) is 7.82. The second-order valence-corrected chi connectivity index (χ2v) is 2.26. The summed E-state index contributed by atoms with van der Waals surface area (Å²) in [6.45, 7) is 4.45. The molecule has 3 heteroatoms. The molecule has 0 heterocycles. The normalized spacial score (nSPS) is 8.55. The molecule has 0 radical (unpaired) electrons. The molecule has 64 valence electrons. The van der Waals surface area contributed by atoms with Gasteiger partial charge >= 0.3 is 5.97 Å². The third-order valence-electron chi connectivity index (χ3n) is 1.29. The van der Waals surface area contributed by atoms with Crippen LogP contribution in [-0.4, -0.2) is 12.6 Å². The minimum atomic E-state index is -0.0593. The van der Waals surface area contributed by atoms with E-state index in [0.717, 1.165) is 19.3 Å². The predicted octanol–water partition coefficient (Wildman–Crippen LogP) is 2.13. The van der Waals surface area contributed by atoms with E-state index in [1.165, 1.54) is 0 Å². The Morgan fingerprint density at radius 1 is 1.27 bits per heavy atom. The Kier molecular flexibility index (Phi) is 13.1. The van der Waals surface area contributed by atoms with Crippen molar-refractivity contribution in [2.45, 2.75) is 39.5 Å². The SMILES string of the molecule is CCCCCC(=O)OCC.[Zr]. The number of esters is 1. The fraction of sp³-hybridized carbons (Fsp3) is 0.875. The maximum Gasteiger partial charge on any atom is 0.305 e. The van der Waals surface area contributed by atoms with Crippen LogP contribution >= 0.6 is 0 Å². The van der Waals surface area contributed by atoms with Gasteiger partial charge in [-0.3, -0.25) is 4.79 Å². The van der Waals surface area contributed by atoms with Crippen molar-refractivity contribution in [2.24, 2.45) is 0 Å². The van der Waals surface area contributed by atoms with Crippen molar-refractivity contribution in [1.82, 2.24) is 0 Å². The third-order valence-corrected chi connectivity index (χ3v) is 1.29. The molecular weight excluding hydrogens is 219 g/mol. The van der Waals surface area contributed by atoms with Gasteiger partial charge in [-0.25, -0.2) is 0 Å². The smallest absolute Gasteiger partial charge is 0.305 e. The first-order valence-electron chi connectivity index (χ1n) is 3.96. The minimum absolute atomic E-state index is 0. The van der Waals surface area contributed by atoms with Gasteiger partial charge in [0, 0.05) is 32.6 Å². The minimum Gasteiger partial charge on any atom is -0.466 e. The van der Waals surface area contributed by atoms with E-state index in [4.69, 9.17) is 4.74 Å². The topological polar surface area (TPSA) is 26.3 Å². The molecule has 0 fully saturated rings. The summed E-state index contributed by atoms with van der Waals surface area (Å²) >= 11 is 0. The van der Waals surface area contributed by atoms with Crippen LogP contribution in [-0.2, 0) is 35.7 Å². The summed E-state index contributed by atoms with van der Waals surface area (Å²) in [4.78, 5) is 10.7. The molecule has 0 unspecified atom stereocenters. The molecule has 0 aromatic heterocycles. The predicted molar refractivity (Wildman–Crippen MR) is 40.8 cm³/mol. The molecule has 0 aliphatic rings. The summed E-state index contributed by atoms with van der Waals surface area (Å²) in [6.07, 6.45) is 3.83. The van der Waals surface area contributed by atoms with Gasteiger partial charge in [0.1, 0.15) is 0 Å². The summed E-state index contributed by atoms with van der Waals surface area (Å²) in [5.41, 5.74) is 0. The van der Waals surface area contributed by atoms with Crippen molar-refractivity contribution >= 4 is 5.97 Å². The van der Waals surface area contributed by atoms with Crippen molar-refractivity contribution < 1.29 is 35.7 Å². The largest absolute Gasteiger partial charge is 0.466 e. The fourth-order valence-corrected chi connectivity index (χ4v) is 0.752. The Morgan fingerprint density at radius 3 is 2.36 bits per heavy atom. The standard InChI is InChI=1S/C8H16O2.Zr/c1-3-5-6-7-8(9)10-4-2;/h3-7H2,1-2H3;. The Labute approximate surface area is 87.8 Å². The van der Waals surface area contributed by atoms with Crippen molar-refractivity contribution in [1.29, 1.82) is 0 Å². The molecule has 0 N–H and O–H groups in total. The average Bonchev–Trinajstić information content (AvgIpc) is 1.89. The summed E-state index contributed by atoms with van der Waals surface area (Å²) in [5.74, 6) is -0.0593. The molecule has 0 saturated heterocycles. The van der Waals surface area contributed by atoms with Gasteiger partial charge in [0.05, 0.1) is 6.61 Å². The molecular formula is C8H16O2Zr. The number of carbonyl (C=O) groups excluding carboxylic acids is 1. The van der Waals surface area contributed by atoms with E-state index in [9.17, 15) is 4.79 Å². The Bertz CT molecular complexity index is 94.1. The van der Waals surface area contributed by atoms with Gasteiger partial charge in [-0.2, -0.15) is 0 Å². The van der Waals surface area contributed by atoms with Gasteiger partial charge < -0.3 is 4.74 Å². The summed E-state index contributed by atoms with van der Waals surface area (Å²) in [5, 5.41) is 0. The number of ether oxygens (including phenoxy) is 1. The molecule has 0 saturated carbocycles. The van der Waals surface area contributed by atoms with Crippen LogP contribution < -0.4 is 0 Å². The van der Waals surface area contributed by atoms with Gasteiger partial charge in [-0.1, -0.05) is 19.8 Å². The number of hydrogen-bond donors (Lipinski definition) is 0. The molecule has 0 atom stereocenters. The zero-order valence-corrected chi connectivity index (χ0v) is 9.81. The van der Waals surface area contributed by atoms with Gasteiger partial charge in [0.15, 0.2) is 0 Å². The number of rotatable bonds is 5. The first-order valence-corrected chi connectivity index (χ1v) is 3.96. The fourth-order valence-electron chi connectivity index (χ4n) is 0.752. The van der Waals surface area contributed by atoms with E-state index >= 15 is 0 Å². The molecule has 0 bridgehead atoms. The Hall–Kier alpha value is 0.353. The number of hydrogen-bond acceptors (Lipinski definition) is 2. The van der Waals surface area contributed by atoms with Crippen LogP contribution in [0.4, 0.5) is 0 Å². The van der Waals surface area contributed by atoms with Crippen LogP contribution in [0, 0.1) is 0 Å². The van der Waals surface area contributed by atoms with E-state index in [-0.39, 0.29) is 32.2 Å². The quantitative estimate of drug-likeness (QED) is 0.539. The summed E-state index contributed by atoms with van der Waals surface area (Å²) < 4.78 is 4.75. The average molecular weight is 235 g/mol. The van der Waals surface area contributed by atoms with Crippen LogP contribution in [0.3, 0.4) is 0 Å². The van der Waals surface area contributed by atoms with Crippen molar-refractivity contribution in [3.63, 3.8) is 0 Å². The zero-order valence-electron chi connectivity index (χ0n) is 7.35. The van der Waals surface area contributed by atoms with E-state index in [0.29, 0.717) is 13.0 Å². The van der Waals surface area contributed by atoms with E-state index in [2.05, 4.69) is 6.92 Å². The monoisotopic (exact) mass is 234 g/mol. The van der Waals surface area contributed by atoms with Crippen LogP contribution in [0.5, 0.6) is 0 Å². The molecule has 0 aliphatic heterocycles. The van der Waals surface area contributed by atoms with E-state index in [1.54, 1.807) is 0 Å². The van der Waals surface area contributed by atoms with Crippen LogP contribution in [0.25, 0.3) is 0 Å². The van der Waals surface area contributed by atoms with Gasteiger partial charge in [-0.05, 0) is 13.3 Å². The van der Waals surface area contributed by atoms with Gasteiger partial charge in [0.2, 0.25) is 0 Å². The Balaban J connectivity index is 0. The maximum atomic E-state index is 10.7. The van der Waals surface area contributed by atoms with Crippen LogP contribution in [0.1, 0.15) is 39.5 Å². The van der Waals surface area contributed by atoms with Crippen molar-refractivity contribution in [2.75, 3.05) is 6.61 Å². The first-order chi connectivity index (χ1) is 4.81. The third kappa shape index (κ3) is 10.4. The first kappa shape index (κ1) is 13.9. The van der Waals surface area contributed by atoms with Crippen LogP contribution in [0.15, 0.2) is 0 Å². The summed E-state index contributed by atoms with van der Waals surface area (Å²) in [6, 6.07) is 0. The van der Waals surface area contributed by atoms with Gasteiger partial charge in [0.25, 0.3) is 0 Å². The maximum absolute atomic E-state index is 10.7. The van der Waals surface area contributed by atoms with Crippen molar-refractivity contribution in [3.8, 4) is 0 Å². The summed E-state index contributed by atoms with van der Waals surface area (Å²) in [7, 11) is 0. The van der Waals surface area contributed by atoms with Crippen molar-refractivity contribution in [3.05, 3.63) is 0 Å². The number of carbonyl (C=O) groups is 1. The molecule has 0 aliphatic carbocycles. The number of unbranched alkanes of at least 4 members (excludes halogenated alkanes) is 2. The molecule has 0 aromatic rings. The van der Waals surface area contributed by atoms with E-state index in [1.807, 2.05) is 6.92 Å². The molecule has 0 spiro atoms. The molecule has 0 rings (SSSR count). The molecule has 2 nitrogen and oxygen atoms in total. The van der Waals surface area contributed by atoms with E-state index < -0.39 is 0 Å². The Morgan fingerprint density at radius 2 is 1.91 bits per heavy atom. The second kappa shape index (κ2) is 10.4. The van der Waals surface area contributed by atoms with Crippen LogP contribution in [0.2, 0.25) is 0 Å².